The van der Waals surface area contributed by atoms with Gasteiger partial charge in [-0.25, -0.2) is 8.78 Å². The third kappa shape index (κ3) is 3.08. The molecule has 2 aromatic rings. The van der Waals surface area contributed by atoms with E-state index in [1.165, 1.54) is 12.1 Å². The third-order valence-corrected chi connectivity index (χ3v) is 2.86. The first-order valence-corrected chi connectivity index (χ1v) is 5.75. The second-order valence-corrected chi connectivity index (χ2v) is 4.25. The van der Waals surface area contributed by atoms with Crippen LogP contribution in [0.15, 0.2) is 42.5 Å². The van der Waals surface area contributed by atoms with Crippen LogP contribution in [0.1, 0.15) is 11.1 Å². The molecule has 0 heterocycles. The minimum atomic E-state index is -0.581. The summed E-state index contributed by atoms with van der Waals surface area (Å²) in [5.74, 6) is -1.14. The van der Waals surface area contributed by atoms with Gasteiger partial charge in [-0.05, 0) is 30.3 Å². The molecule has 2 rings (SSSR count). The van der Waals surface area contributed by atoms with Crippen LogP contribution in [0.3, 0.4) is 0 Å². The van der Waals surface area contributed by atoms with Crippen molar-refractivity contribution in [1.29, 1.82) is 5.26 Å². The smallest absolute Gasteiger partial charge is 0.131 e. The van der Waals surface area contributed by atoms with E-state index in [4.69, 9.17) is 5.26 Å². The average molecular weight is 258 g/mol. The Hall–Kier alpha value is -2.41. The summed E-state index contributed by atoms with van der Waals surface area (Å²) in [6.45, 7) is 0.331. The Morgan fingerprint density at radius 1 is 1.11 bits per heavy atom. The summed E-state index contributed by atoms with van der Waals surface area (Å²) in [6.07, 6.45) is 0. The second kappa shape index (κ2) is 5.49. The fourth-order valence-electron chi connectivity index (χ4n) is 1.79. The molecule has 0 aliphatic rings. The zero-order valence-electron chi connectivity index (χ0n) is 10.4. The summed E-state index contributed by atoms with van der Waals surface area (Å²) in [6, 6.07) is 12.6. The SMILES string of the molecule is CN(Cc1ccc(F)cc1F)c1ccc(C#N)cc1. The Balaban J connectivity index is 2.16. The summed E-state index contributed by atoms with van der Waals surface area (Å²) in [5.41, 5.74) is 1.86. The van der Waals surface area contributed by atoms with E-state index in [-0.39, 0.29) is 0 Å². The summed E-state index contributed by atoms with van der Waals surface area (Å²) in [5, 5.41) is 8.72. The molecule has 19 heavy (non-hydrogen) atoms. The molecule has 0 fully saturated rings. The zero-order valence-corrected chi connectivity index (χ0v) is 10.4. The molecule has 0 saturated carbocycles. The quantitative estimate of drug-likeness (QED) is 0.842. The topological polar surface area (TPSA) is 27.0 Å². The van der Waals surface area contributed by atoms with E-state index in [9.17, 15) is 8.78 Å². The van der Waals surface area contributed by atoms with Crippen LogP contribution in [0.25, 0.3) is 0 Å². The van der Waals surface area contributed by atoms with Crippen LogP contribution in [0, 0.1) is 23.0 Å². The predicted molar refractivity (Wildman–Crippen MR) is 69.6 cm³/mol. The molecule has 0 aliphatic carbocycles. The Bertz CT molecular complexity index is 615. The van der Waals surface area contributed by atoms with Gasteiger partial charge in [0, 0.05) is 30.9 Å². The third-order valence-electron chi connectivity index (χ3n) is 2.86. The molecule has 2 aromatic carbocycles. The summed E-state index contributed by atoms with van der Waals surface area (Å²) >= 11 is 0. The number of benzene rings is 2. The first-order valence-electron chi connectivity index (χ1n) is 5.75. The molecule has 0 unspecified atom stereocenters. The van der Waals surface area contributed by atoms with Crippen LogP contribution in [-0.4, -0.2) is 7.05 Å². The van der Waals surface area contributed by atoms with Gasteiger partial charge in [0.05, 0.1) is 11.6 Å². The van der Waals surface area contributed by atoms with Crippen LogP contribution in [0.2, 0.25) is 0 Å². The van der Waals surface area contributed by atoms with E-state index in [1.807, 2.05) is 18.0 Å². The van der Waals surface area contributed by atoms with Crippen molar-refractivity contribution in [2.75, 3.05) is 11.9 Å². The van der Waals surface area contributed by atoms with Gasteiger partial charge in [-0.2, -0.15) is 5.26 Å². The predicted octanol–water partition coefficient (Wildman–Crippen LogP) is 3.47. The van der Waals surface area contributed by atoms with Gasteiger partial charge in [-0.1, -0.05) is 6.07 Å². The molecule has 0 N–H and O–H groups in total. The lowest BCUT2D eigenvalue weighted by Crippen LogP contribution is -2.17. The lowest BCUT2D eigenvalue weighted by Gasteiger charge is -2.19. The van der Waals surface area contributed by atoms with Gasteiger partial charge in [0.25, 0.3) is 0 Å². The molecule has 0 aromatic heterocycles. The minimum absolute atomic E-state index is 0.331. The lowest BCUT2D eigenvalue weighted by molar-refractivity contribution is 0.571. The van der Waals surface area contributed by atoms with E-state index < -0.39 is 11.6 Å². The molecular formula is C15H12F2N2. The summed E-state index contributed by atoms with van der Waals surface area (Å²) in [7, 11) is 1.81. The maximum absolute atomic E-state index is 13.5. The van der Waals surface area contributed by atoms with E-state index in [2.05, 4.69) is 0 Å². The first-order chi connectivity index (χ1) is 9.10. The van der Waals surface area contributed by atoms with Gasteiger partial charge in [0.15, 0.2) is 0 Å². The Kier molecular flexibility index (Phi) is 3.76. The van der Waals surface area contributed by atoms with Crippen molar-refractivity contribution in [3.05, 3.63) is 65.2 Å². The molecule has 0 aliphatic heterocycles. The van der Waals surface area contributed by atoms with E-state index >= 15 is 0 Å². The number of hydrogen-bond acceptors (Lipinski definition) is 2. The Labute approximate surface area is 110 Å². The average Bonchev–Trinajstić information content (AvgIpc) is 2.42. The largest absolute Gasteiger partial charge is 0.370 e. The highest BCUT2D eigenvalue weighted by molar-refractivity contribution is 5.49. The molecule has 0 radical (unpaired) electrons. The normalized spacial score (nSPS) is 10.0. The van der Waals surface area contributed by atoms with Crippen LogP contribution in [-0.2, 0) is 6.54 Å². The van der Waals surface area contributed by atoms with E-state index in [0.29, 0.717) is 17.7 Å². The van der Waals surface area contributed by atoms with Crippen molar-refractivity contribution >= 4 is 5.69 Å². The molecule has 0 amide bonds. The van der Waals surface area contributed by atoms with Crippen LogP contribution >= 0.6 is 0 Å². The van der Waals surface area contributed by atoms with Crippen LogP contribution in [0.5, 0.6) is 0 Å². The van der Waals surface area contributed by atoms with E-state index in [1.54, 1.807) is 24.3 Å². The standard InChI is InChI=1S/C15H12F2N2/c1-19(14-6-2-11(9-18)3-7-14)10-12-4-5-13(16)8-15(12)17/h2-8H,10H2,1H3. The zero-order chi connectivity index (χ0) is 13.8. The number of rotatable bonds is 3. The van der Waals surface area contributed by atoms with Crippen molar-refractivity contribution in [1.82, 2.24) is 0 Å². The molecule has 0 spiro atoms. The minimum Gasteiger partial charge on any atom is -0.370 e. The lowest BCUT2D eigenvalue weighted by atomic mass is 10.1. The molecule has 0 saturated heterocycles. The number of anilines is 1. The highest BCUT2D eigenvalue weighted by atomic mass is 19.1. The van der Waals surface area contributed by atoms with Crippen LogP contribution in [0.4, 0.5) is 14.5 Å². The van der Waals surface area contributed by atoms with Crippen molar-refractivity contribution in [3.63, 3.8) is 0 Å². The van der Waals surface area contributed by atoms with Gasteiger partial charge in [0.2, 0.25) is 0 Å². The molecule has 4 heteroatoms. The Morgan fingerprint density at radius 3 is 2.37 bits per heavy atom. The maximum Gasteiger partial charge on any atom is 0.131 e. The fourth-order valence-corrected chi connectivity index (χ4v) is 1.79. The number of nitriles is 1. The van der Waals surface area contributed by atoms with Gasteiger partial charge in [-0.3, -0.25) is 0 Å². The Morgan fingerprint density at radius 2 is 1.79 bits per heavy atom. The van der Waals surface area contributed by atoms with Gasteiger partial charge < -0.3 is 4.90 Å². The second-order valence-electron chi connectivity index (χ2n) is 4.25. The molecule has 0 atom stereocenters. The number of halogens is 2. The summed E-state index contributed by atoms with van der Waals surface area (Å²) in [4.78, 5) is 1.83. The first kappa shape index (κ1) is 13.0. The van der Waals surface area contributed by atoms with Crippen molar-refractivity contribution in [2.24, 2.45) is 0 Å². The molecule has 0 bridgehead atoms. The molecule has 96 valence electrons. The van der Waals surface area contributed by atoms with Gasteiger partial charge in [-0.15, -0.1) is 0 Å². The molecular weight excluding hydrogens is 246 g/mol. The molecule has 2 nitrogen and oxygen atoms in total. The van der Waals surface area contributed by atoms with Crippen molar-refractivity contribution in [3.8, 4) is 6.07 Å². The van der Waals surface area contributed by atoms with E-state index in [0.717, 1.165) is 11.8 Å². The van der Waals surface area contributed by atoms with Gasteiger partial charge in [0.1, 0.15) is 11.6 Å². The maximum atomic E-state index is 13.5. The number of hydrogen-bond donors (Lipinski definition) is 0. The van der Waals surface area contributed by atoms with Crippen molar-refractivity contribution in [2.45, 2.75) is 6.54 Å². The fraction of sp³-hybridized carbons (Fsp3) is 0.133. The highest BCUT2D eigenvalue weighted by Gasteiger charge is 2.07. The van der Waals surface area contributed by atoms with Gasteiger partial charge >= 0.3 is 0 Å². The monoisotopic (exact) mass is 258 g/mol. The van der Waals surface area contributed by atoms with Crippen molar-refractivity contribution < 1.29 is 8.78 Å². The number of nitrogens with zero attached hydrogens (tertiary/aromatic N) is 2. The summed E-state index contributed by atoms with van der Waals surface area (Å²) < 4.78 is 26.3. The van der Waals surface area contributed by atoms with Crippen LogP contribution < -0.4 is 4.90 Å². The highest BCUT2D eigenvalue weighted by Crippen LogP contribution is 2.18.